The molecule has 142 valence electrons. The van der Waals surface area contributed by atoms with Gasteiger partial charge in [-0.25, -0.2) is 23.1 Å². The van der Waals surface area contributed by atoms with Crippen molar-refractivity contribution in [3.8, 4) is 0 Å². The molecule has 1 amide bonds. The number of rotatable bonds is 5. The monoisotopic (exact) mass is 386 g/mol. The van der Waals surface area contributed by atoms with Crippen molar-refractivity contribution in [3.05, 3.63) is 77.4 Å². The minimum atomic E-state index is -1.61. The van der Waals surface area contributed by atoms with E-state index in [1.165, 1.54) is 19.3 Å². The number of ketones is 1. The van der Waals surface area contributed by atoms with Crippen molar-refractivity contribution in [2.75, 3.05) is 10.6 Å². The molecule has 1 heterocycles. The maximum absolute atomic E-state index is 13.7. The minimum absolute atomic E-state index is 0.0909. The molecule has 2 aromatic carbocycles. The topological polar surface area (TPSA) is 84.0 Å². The van der Waals surface area contributed by atoms with Gasteiger partial charge in [-0.1, -0.05) is 0 Å². The molecule has 0 aliphatic heterocycles. The number of nitrogens with one attached hydrogen (secondary N) is 2. The number of aromatic nitrogens is 2. The third-order valence-corrected chi connectivity index (χ3v) is 3.74. The highest BCUT2D eigenvalue weighted by atomic mass is 19.2. The summed E-state index contributed by atoms with van der Waals surface area (Å²) >= 11 is 0. The van der Waals surface area contributed by atoms with Crippen LogP contribution >= 0.6 is 0 Å². The molecule has 2 N–H and O–H groups in total. The Kier molecular flexibility index (Phi) is 5.35. The molecule has 1 aromatic heterocycles. The molecule has 3 rings (SSSR count). The SMILES string of the molecule is CC(=O)c1ccc(NC(=O)c2cnc(Nc3ccc(F)c(F)c3F)nc2)cc1. The molecule has 0 spiro atoms. The number of nitrogens with zero attached hydrogens (tertiary/aromatic N) is 2. The second kappa shape index (κ2) is 7.87. The van der Waals surface area contributed by atoms with E-state index in [2.05, 4.69) is 20.6 Å². The predicted octanol–water partition coefficient (Wildman–Crippen LogP) is 4.09. The van der Waals surface area contributed by atoms with Gasteiger partial charge in [-0.2, -0.15) is 0 Å². The average Bonchev–Trinajstić information content (AvgIpc) is 2.69. The van der Waals surface area contributed by atoms with Gasteiger partial charge in [0.1, 0.15) is 0 Å². The van der Waals surface area contributed by atoms with Crippen LogP contribution < -0.4 is 10.6 Å². The summed E-state index contributed by atoms with van der Waals surface area (Å²) in [5.74, 6) is -5.02. The lowest BCUT2D eigenvalue weighted by Gasteiger charge is -2.08. The van der Waals surface area contributed by atoms with Crippen LogP contribution in [0.2, 0.25) is 0 Å². The summed E-state index contributed by atoms with van der Waals surface area (Å²) in [7, 11) is 0. The summed E-state index contributed by atoms with van der Waals surface area (Å²) < 4.78 is 39.8. The van der Waals surface area contributed by atoms with Gasteiger partial charge in [0.05, 0.1) is 11.3 Å². The summed E-state index contributed by atoms with van der Waals surface area (Å²) in [6.45, 7) is 1.44. The first kappa shape index (κ1) is 19.0. The van der Waals surface area contributed by atoms with E-state index in [4.69, 9.17) is 0 Å². The Morgan fingerprint density at radius 1 is 0.857 bits per heavy atom. The van der Waals surface area contributed by atoms with E-state index in [1.54, 1.807) is 24.3 Å². The van der Waals surface area contributed by atoms with Gasteiger partial charge in [0.25, 0.3) is 5.91 Å². The van der Waals surface area contributed by atoms with Crippen LogP contribution in [0.1, 0.15) is 27.6 Å². The number of carbonyl (C=O) groups is 2. The molecule has 9 heteroatoms. The van der Waals surface area contributed by atoms with Crippen molar-refractivity contribution in [1.82, 2.24) is 9.97 Å². The summed E-state index contributed by atoms with van der Waals surface area (Å²) in [6.07, 6.45) is 2.37. The lowest BCUT2D eigenvalue weighted by Crippen LogP contribution is -2.13. The first-order valence-electron chi connectivity index (χ1n) is 8.00. The molecule has 28 heavy (non-hydrogen) atoms. The highest BCUT2D eigenvalue weighted by molar-refractivity contribution is 6.04. The van der Waals surface area contributed by atoms with Gasteiger partial charge in [-0.05, 0) is 43.3 Å². The predicted molar refractivity (Wildman–Crippen MR) is 96.0 cm³/mol. The van der Waals surface area contributed by atoms with E-state index in [1.807, 2.05) is 0 Å². The number of amides is 1. The summed E-state index contributed by atoms with van der Waals surface area (Å²) in [4.78, 5) is 31.2. The van der Waals surface area contributed by atoms with Gasteiger partial charge in [0.2, 0.25) is 5.95 Å². The summed E-state index contributed by atoms with van der Waals surface area (Å²) in [6, 6.07) is 8.09. The van der Waals surface area contributed by atoms with E-state index in [-0.39, 0.29) is 23.0 Å². The second-order valence-electron chi connectivity index (χ2n) is 5.73. The zero-order chi connectivity index (χ0) is 20.3. The Hall–Kier alpha value is -3.75. The Balaban J connectivity index is 1.69. The van der Waals surface area contributed by atoms with Gasteiger partial charge in [0.15, 0.2) is 23.2 Å². The fraction of sp³-hybridized carbons (Fsp3) is 0.0526. The lowest BCUT2D eigenvalue weighted by molar-refractivity contribution is 0.101. The van der Waals surface area contributed by atoms with Gasteiger partial charge in [-0.15, -0.1) is 0 Å². The van der Waals surface area contributed by atoms with Crippen molar-refractivity contribution in [2.45, 2.75) is 6.92 Å². The third-order valence-electron chi connectivity index (χ3n) is 3.74. The molecule has 0 aliphatic carbocycles. The molecule has 0 radical (unpaired) electrons. The molecule has 0 saturated carbocycles. The highest BCUT2D eigenvalue weighted by Crippen LogP contribution is 2.22. The Labute approximate surface area is 157 Å². The first-order valence-corrected chi connectivity index (χ1v) is 8.00. The van der Waals surface area contributed by atoms with E-state index >= 15 is 0 Å². The second-order valence-corrected chi connectivity index (χ2v) is 5.73. The van der Waals surface area contributed by atoms with Crippen molar-refractivity contribution in [3.63, 3.8) is 0 Å². The van der Waals surface area contributed by atoms with Crippen molar-refractivity contribution in [1.29, 1.82) is 0 Å². The van der Waals surface area contributed by atoms with E-state index < -0.39 is 23.4 Å². The van der Waals surface area contributed by atoms with Crippen molar-refractivity contribution in [2.24, 2.45) is 0 Å². The van der Waals surface area contributed by atoms with E-state index in [0.717, 1.165) is 12.1 Å². The average molecular weight is 386 g/mol. The molecule has 0 bridgehead atoms. The lowest BCUT2D eigenvalue weighted by atomic mass is 10.1. The standard InChI is InChI=1S/C19H13F3N4O2/c1-10(27)11-2-4-13(5-3-11)25-18(28)12-8-23-19(24-9-12)26-15-7-6-14(20)16(21)17(15)22/h2-9H,1H3,(H,25,28)(H,23,24,26). The maximum Gasteiger partial charge on any atom is 0.258 e. The van der Waals surface area contributed by atoms with Gasteiger partial charge < -0.3 is 10.6 Å². The van der Waals surface area contributed by atoms with E-state index in [9.17, 15) is 22.8 Å². The Morgan fingerprint density at radius 2 is 1.50 bits per heavy atom. The minimum Gasteiger partial charge on any atom is -0.322 e. The van der Waals surface area contributed by atoms with Gasteiger partial charge >= 0.3 is 0 Å². The molecular weight excluding hydrogens is 373 g/mol. The van der Waals surface area contributed by atoms with Crippen LogP contribution in [-0.4, -0.2) is 21.7 Å². The zero-order valence-corrected chi connectivity index (χ0v) is 14.5. The normalized spacial score (nSPS) is 10.4. The zero-order valence-electron chi connectivity index (χ0n) is 14.5. The Morgan fingerprint density at radius 3 is 2.11 bits per heavy atom. The fourth-order valence-electron chi connectivity index (χ4n) is 2.24. The number of Topliss-reactive ketones (excluding diaryl/α,β-unsaturated/α-hetero) is 1. The smallest absolute Gasteiger partial charge is 0.258 e. The molecule has 0 atom stereocenters. The molecule has 0 unspecified atom stereocenters. The number of hydrogen-bond acceptors (Lipinski definition) is 5. The number of anilines is 3. The highest BCUT2D eigenvalue weighted by Gasteiger charge is 2.14. The van der Waals surface area contributed by atoms with Crippen LogP contribution in [-0.2, 0) is 0 Å². The number of hydrogen-bond donors (Lipinski definition) is 2. The molecule has 0 fully saturated rings. The van der Waals surface area contributed by atoms with Crippen molar-refractivity contribution >= 4 is 29.0 Å². The quantitative estimate of drug-likeness (QED) is 0.510. The van der Waals surface area contributed by atoms with Crippen LogP contribution in [0.25, 0.3) is 0 Å². The summed E-state index contributed by atoms with van der Waals surface area (Å²) in [5.41, 5.74) is 0.760. The van der Waals surface area contributed by atoms with Gasteiger partial charge in [-0.3, -0.25) is 9.59 Å². The van der Waals surface area contributed by atoms with E-state index in [0.29, 0.717) is 11.3 Å². The van der Waals surface area contributed by atoms with Crippen LogP contribution in [0.15, 0.2) is 48.8 Å². The van der Waals surface area contributed by atoms with Gasteiger partial charge in [0, 0.05) is 23.6 Å². The molecule has 6 nitrogen and oxygen atoms in total. The Bertz CT molecular complexity index is 1040. The number of halogens is 3. The first-order chi connectivity index (χ1) is 13.3. The van der Waals surface area contributed by atoms with Crippen LogP contribution in [0.4, 0.5) is 30.5 Å². The largest absolute Gasteiger partial charge is 0.322 e. The van der Waals surface area contributed by atoms with Crippen LogP contribution in [0, 0.1) is 17.5 Å². The fourth-order valence-corrected chi connectivity index (χ4v) is 2.24. The molecular formula is C19H13F3N4O2. The number of benzene rings is 2. The summed E-state index contributed by atoms with van der Waals surface area (Å²) in [5, 5.41) is 5.02. The third kappa shape index (κ3) is 4.14. The van der Waals surface area contributed by atoms with Crippen LogP contribution in [0.3, 0.4) is 0 Å². The number of carbonyl (C=O) groups excluding carboxylic acids is 2. The molecule has 0 saturated heterocycles. The van der Waals surface area contributed by atoms with Crippen LogP contribution in [0.5, 0.6) is 0 Å². The van der Waals surface area contributed by atoms with Crippen molar-refractivity contribution < 1.29 is 22.8 Å². The molecule has 3 aromatic rings. The molecule has 0 aliphatic rings. The maximum atomic E-state index is 13.7.